The molecule has 9 aromatic carbocycles. The van der Waals surface area contributed by atoms with Crippen LogP contribution in [0.25, 0.3) is 53.9 Å². The van der Waals surface area contributed by atoms with Crippen molar-refractivity contribution >= 4 is 87.9 Å². The summed E-state index contributed by atoms with van der Waals surface area (Å²) < 4.78 is 0. The molecule has 0 heterocycles. The SMILES string of the molecule is C=CCCc1cc[c-](C2([c-]3c4ccccc4c4ccccc43)CCCCC2)c1.CC(C)([c-]1ccc2ccccc21)[c-]1c2ccccc2c2ccccc21.[Cl][Zr+2][Cl].[Cl][Zr+2][Cl]. The third kappa shape index (κ3) is 9.04. The predicted octanol–water partition coefficient (Wildman–Crippen LogP) is 17.5. The van der Waals surface area contributed by atoms with E-state index < -0.39 is 41.7 Å². The van der Waals surface area contributed by atoms with Crippen molar-refractivity contribution in [1.82, 2.24) is 0 Å². The van der Waals surface area contributed by atoms with Gasteiger partial charge in [0.1, 0.15) is 0 Å². The molecule has 0 radical (unpaired) electrons. The van der Waals surface area contributed by atoms with Gasteiger partial charge in [0.05, 0.1) is 0 Å². The van der Waals surface area contributed by atoms with E-state index in [1.54, 1.807) is 5.56 Å². The maximum atomic E-state index is 4.93. The fourth-order valence-corrected chi connectivity index (χ4v) is 10.1. The Kier molecular flexibility index (Phi) is 15.5. The molecule has 0 atom stereocenters. The Labute approximate surface area is 387 Å². The number of benzene rings is 5. The first-order chi connectivity index (χ1) is 28.8. The monoisotopic (exact) mass is 1000 g/mol. The van der Waals surface area contributed by atoms with Crippen molar-refractivity contribution in [3.8, 4) is 0 Å². The molecule has 0 spiro atoms. The van der Waals surface area contributed by atoms with E-state index in [4.69, 9.17) is 34.1 Å². The van der Waals surface area contributed by atoms with Gasteiger partial charge in [-0.25, -0.2) is 6.07 Å². The van der Waals surface area contributed by atoms with Gasteiger partial charge in [0.2, 0.25) is 0 Å². The standard InChI is InChI=1S/C28H28.C25H20.4ClH.2Zr/c1-2-3-11-21-16-17-22(20-21)28(18-9-4-10-19-28)27-25-14-7-5-12-23(25)24-13-6-8-15-26(24)27;1-25(2,23-16-15-17-9-3-4-10-18(17)23)24-21-13-7-5-11-19(21)20-12-6-8-14-22(20)24;;;;;;/h2,5-8,12-17,20H,1,3-4,9-11,18-19H2;3-16H,1-2H3;4*1H;;/q2*-2;;;;;2*+4/p-4. The second-order valence-electron chi connectivity index (χ2n) is 16.0. The number of allylic oxidation sites excluding steroid dienone is 1. The molecule has 1 aliphatic carbocycles. The molecule has 1 aliphatic rings. The van der Waals surface area contributed by atoms with Crippen molar-refractivity contribution in [3.63, 3.8) is 0 Å². The molecule has 0 N–H and O–H groups in total. The first-order valence-electron chi connectivity index (χ1n) is 20.4. The van der Waals surface area contributed by atoms with Gasteiger partial charge in [-0.3, -0.25) is 0 Å². The second-order valence-corrected chi connectivity index (χ2v) is 23.5. The van der Waals surface area contributed by atoms with Crippen LogP contribution in [0.4, 0.5) is 0 Å². The number of hydrogen-bond acceptors (Lipinski definition) is 0. The van der Waals surface area contributed by atoms with Crippen LogP contribution in [0.1, 0.15) is 80.2 Å². The molecule has 0 bridgehead atoms. The van der Waals surface area contributed by atoms with E-state index in [0.29, 0.717) is 0 Å². The van der Waals surface area contributed by atoms with E-state index >= 15 is 0 Å². The number of fused-ring (bicyclic) bond motifs is 7. The van der Waals surface area contributed by atoms with Crippen molar-refractivity contribution < 1.29 is 41.7 Å². The van der Waals surface area contributed by atoms with Gasteiger partial charge in [-0.15, -0.1) is 126 Å². The summed E-state index contributed by atoms with van der Waals surface area (Å²) in [6.45, 7) is 8.62. The van der Waals surface area contributed by atoms with Gasteiger partial charge in [-0.05, 0) is 11.8 Å². The molecule has 296 valence electrons. The Bertz CT molecular complexity index is 2660. The summed E-state index contributed by atoms with van der Waals surface area (Å²) in [5.74, 6) is 0. The van der Waals surface area contributed by atoms with Crippen LogP contribution >= 0.6 is 34.1 Å². The average molecular weight is 1010 g/mol. The summed E-state index contributed by atoms with van der Waals surface area (Å²) in [7, 11) is 19.7. The maximum absolute atomic E-state index is 4.93. The van der Waals surface area contributed by atoms with Crippen LogP contribution in [0.15, 0.2) is 164 Å². The van der Waals surface area contributed by atoms with Gasteiger partial charge in [-0.2, -0.15) is 29.3 Å². The fraction of sp³-hybridized carbons (Fsp3) is 0.208. The van der Waals surface area contributed by atoms with E-state index in [-0.39, 0.29) is 10.8 Å². The van der Waals surface area contributed by atoms with Crippen LogP contribution in [0.2, 0.25) is 0 Å². The molecular weight excluding hydrogens is 961 g/mol. The van der Waals surface area contributed by atoms with Crippen LogP contribution in [0, 0.1) is 0 Å². The van der Waals surface area contributed by atoms with Crippen molar-refractivity contribution in [3.05, 3.63) is 192 Å². The topological polar surface area (TPSA) is 0 Å². The zero-order valence-electron chi connectivity index (χ0n) is 33.7. The molecule has 0 aromatic heterocycles. The Morgan fingerprint density at radius 1 is 0.593 bits per heavy atom. The summed E-state index contributed by atoms with van der Waals surface area (Å²) in [5.41, 5.74) is 7.51. The quantitative estimate of drug-likeness (QED) is 0.110. The van der Waals surface area contributed by atoms with Crippen LogP contribution in [-0.2, 0) is 58.9 Å². The molecular formula is C53H48Cl4Zr2. The van der Waals surface area contributed by atoms with E-state index in [2.05, 4.69) is 172 Å². The fourth-order valence-electron chi connectivity index (χ4n) is 10.1. The minimum atomic E-state index is -0.826. The molecule has 0 amide bonds. The number of aryl methyl sites for hydroxylation is 1. The Hall–Kier alpha value is -2.53. The van der Waals surface area contributed by atoms with Gasteiger partial charge in [-0.1, -0.05) is 143 Å². The van der Waals surface area contributed by atoms with Crippen LogP contribution in [0.3, 0.4) is 0 Å². The average Bonchev–Trinajstić information content (AvgIpc) is 4.07. The summed E-state index contributed by atoms with van der Waals surface area (Å²) in [5, 5.41) is 13.9. The third-order valence-corrected chi connectivity index (χ3v) is 12.5. The summed E-state index contributed by atoms with van der Waals surface area (Å²) in [6, 6.07) is 56.3. The summed E-state index contributed by atoms with van der Waals surface area (Å²) in [4.78, 5) is 0. The van der Waals surface area contributed by atoms with Gasteiger partial charge in [0.15, 0.2) is 0 Å². The predicted molar refractivity (Wildman–Crippen MR) is 254 cm³/mol. The number of rotatable bonds is 7. The first kappa shape index (κ1) is 44.5. The molecule has 1 saturated carbocycles. The molecule has 0 saturated heterocycles. The molecule has 10 rings (SSSR count). The van der Waals surface area contributed by atoms with E-state index in [1.165, 1.54) is 108 Å². The Morgan fingerprint density at radius 3 is 1.58 bits per heavy atom. The first-order valence-corrected chi connectivity index (χ1v) is 33.1. The van der Waals surface area contributed by atoms with Crippen LogP contribution in [0.5, 0.6) is 0 Å². The minimum absolute atomic E-state index is 0.0637. The Balaban J connectivity index is 0.000000159. The molecule has 0 aliphatic heterocycles. The van der Waals surface area contributed by atoms with E-state index in [9.17, 15) is 0 Å². The molecule has 59 heavy (non-hydrogen) atoms. The molecule has 9 aromatic rings. The number of hydrogen-bond donors (Lipinski definition) is 0. The van der Waals surface area contributed by atoms with Crippen molar-refractivity contribution in [2.45, 2.75) is 69.6 Å². The Morgan fingerprint density at radius 2 is 1.05 bits per heavy atom. The van der Waals surface area contributed by atoms with Crippen LogP contribution < -0.4 is 0 Å². The molecule has 0 unspecified atom stereocenters. The van der Waals surface area contributed by atoms with Gasteiger partial charge < -0.3 is 0 Å². The number of halogens is 4. The third-order valence-electron chi connectivity index (χ3n) is 12.5. The van der Waals surface area contributed by atoms with Crippen molar-refractivity contribution in [2.24, 2.45) is 0 Å². The van der Waals surface area contributed by atoms with Gasteiger partial charge in [0.25, 0.3) is 0 Å². The second kappa shape index (κ2) is 20.6. The van der Waals surface area contributed by atoms with Gasteiger partial charge in [0, 0.05) is 0 Å². The van der Waals surface area contributed by atoms with E-state index in [1.807, 2.05) is 6.08 Å². The normalized spacial score (nSPS) is 13.5. The van der Waals surface area contributed by atoms with E-state index in [0.717, 1.165) is 12.8 Å². The van der Waals surface area contributed by atoms with Crippen molar-refractivity contribution in [1.29, 1.82) is 0 Å². The summed E-state index contributed by atoms with van der Waals surface area (Å²) in [6.07, 6.45) is 10.7. The zero-order valence-corrected chi connectivity index (χ0v) is 41.6. The van der Waals surface area contributed by atoms with Crippen molar-refractivity contribution in [2.75, 3.05) is 0 Å². The molecule has 0 nitrogen and oxygen atoms in total. The zero-order chi connectivity index (χ0) is 41.4. The summed E-state index contributed by atoms with van der Waals surface area (Å²) >= 11 is -1.65. The van der Waals surface area contributed by atoms with Gasteiger partial charge >= 0.3 is 75.7 Å². The van der Waals surface area contributed by atoms with Crippen LogP contribution in [-0.4, -0.2) is 0 Å². The molecule has 6 heteroatoms. The molecule has 1 fully saturated rings.